The molecule has 0 aromatic heterocycles. The lowest BCUT2D eigenvalue weighted by Gasteiger charge is -2.24. The second-order valence-electron chi connectivity index (χ2n) is 6.29. The maximum atomic E-state index is 12.3. The summed E-state index contributed by atoms with van der Waals surface area (Å²) in [6, 6.07) is 16.0. The smallest absolute Gasteiger partial charge is 0.224 e. The van der Waals surface area contributed by atoms with Gasteiger partial charge in [-0.3, -0.25) is 4.79 Å². The zero-order valence-corrected chi connectivity index (χ0v) is 15.1. The van der Waals surface area contributed by atoms with Crippen LogP contribution in [0.4, 0.5) is 5.69 Å². The molecule has 1 amide bonds. The first-order valence-corrected chi connectivity index (χ1v) is 8.54. The summed E-state index contributed by atoms with van der Waals surface area (Å²) < 4.78 is 5.43. The van der Waals surface area contributed by atoms with Crippen molar-refractivity contribution in [2.45, 2.75) is 25.7 Å². The maximum Gasteiger partial charge on any atom is 0.224 e. The fourth-order valence-electron chi connectivity index (χ4n) is 3.23. The highest BCUT2D eigenvalue weighted by molar-refractivity contribution is 5.90. The van der Waals surface area contributed by atoms with Gasteiger partial charge in [-0.25, -0.2) is 0 Å². The first-order valence-electron chi connectivity index (χ1n) is 8.54. The van der Waals surface area contributed by atoms with Crippen molar-refractivity contribution in [1.82, 2.24) is 0 Å². The number of ether oxygens (including phenoxy) is 1. The van der Waals surface area contributed by atoms with Gasteiger partial charge in [-0.15, -0.1) is 12.4 Å². The van der Waals surface area contributed by atoms with Crippen molar-refractivity contribution in [2.75, 3.05) is 18.5 Å². The van der Waals surface area contributed by atoms with Crippen LogP contribution in [0.5, 0.6) is 5.75 Å². The van der Waals surface area contributed by atoms with Crippen molar-refractivity contribution in [2.24, 2.45) is 11.7 Å². The highest BCUT2D eigenvalue weighted by Crippen LogP contribution is 2.27. The predicted octanol–water partition coefficient (Wildman–Crippen LogP) is 3.58. The van der Waals surface area contributed by atoms with Gasteiger partial charge in [0.05, 0.1) is 0 Å². The Morgan fingerprint density at radius 2 is 1.84 bits per heavy atom. The number of rotatable bonds is 6. The normalized spacial score (nSPS) is 15.6. The van der Waals surface area contributed by atoms with Crippen LogP contribution in [-0.4, -0.2) is 19.1 Å². The van der Waals surface area contributed by atoms with Crippen LogP contribution in [0.3, 0.4) is 0 Å². The first-order chi connectivity index (χ1) is 11.7. The molecule has 0 spiro atoms. The van der Waals surface area contributed by atoms with Gasteiger partial charge in [0.15, 0.2) is 0 Å². The molecule has 4 nitrogen and oxygen atoms in total. The van der Waals surface area contributed by atoms with Crippen LogP contribution in [-0.2, 0) is 17.6 Å². The second-order valence-corrected chi connectivity index (χ2v) is 6.29. The Morgan fingerprint density at radius 3 is 2.56 bits per heavy atom. The van der Waals surface area contributed by atoms with E-state index in [0.717, 1.165) is 30.7 Å². The molecular weight excluding hydrogens is 336 g/mol. The zero-order chi connectivity index (χ0) is 16.8. The second kappa shape index (κ2) is 9.44. The summed E-state index contributed by atoms with van der Waals surface area (Å²) >= 11 is 0. The van der Waals surface area contributed by atoms with E-state index in [-0.39, 0.29) is 18.3 Å². The molecule has 5 heteroatoms. The molecule has 0 heterocycles. The predicted molar refractivity (Wildman–Crippen MR) is 103 cm³/mol. The molecule has 0 saturated heterocycles. The van der Waals surface area contributed by atoms with Crippen LogP contribution in [0.15, 0.2) is 48.5 Å². The summed E-state index contributed by atoms with van der Waals surface area (Å²) in [4.78, 5) is 12.3. The Bertz CT molecular complexity index is 688. The lowest BCUT2D eigenvalue weighted by atomic mass is 9.82. The Hall–Kier alpha value is -2.04. The molecule has 1 aliphatic rings. The van der Waals surface area contributed by atoms with E-state index >= 15 is 0 Å². The molecule has 1 atom stereocenters. The van der Waals surface area contributed by atoms with Crippen molar-refractivity contribution in [3.8, 4) is 5.75 Å². The van der Waals surface area contributed by atoms with E-state index in [0.29, 0.717) is 25.5 Å². The largest absolute Gasteiger partial charge is 0.492 e. The number of anilines is 1. The molecule has 3 N–H and O–H groups in total. The fourth-order valence-corrected chi connectivity index (χ4v) is 3.23. The van der Waals surface area contributed by atoms with Crippen molar-refractivity contribution in [3.05, 3.63) is 59.7 Å². The number of halogens is 1. The molecule has 0 bridgehead atoms. The highest BCUT2D eigenvalue weighted by Gasteiger charge is 2.20. The van der Waals surface area contributed by atoms with Gasteiger partial charge >= 0.3 is 0 Å². The molecule has 25 heavy (non-hydrogen) atoms. The Labute approximate surface area is 155 Å². The van der Waals surface area contributed by atoms with Crippen LogP contribution in [0.1, 0.15) is 24.0 Å². The minimum Gasteiger partial charge on any atom is -0.492 e. The van der Waals surface area contributed by atoms with E-state index < -0.39 is 0 Å². The molecular formula is C20H25ClN2O2. The van der Waals surface area contributed by atoms with Crippen molar-refractivity contribution in [1.29, 1.82) is 0 Å². The van der Waals surface area contributed by atoms with E-state index in [2.05, 4.69) is 29.6 Å². The summed E-state index contributed by atoms with van der Waals surface area (Å²) in [6.07, 6.45) is 3.72. The van der Waals surface area contributed by atoms with Gasteiger partial charge in [0.2, 0.25) is 5.91 Å². The highest BCUT2D eigenvalue weighted by atomic mass is 35.5. The SMILES string of the molecule is Cl.NCCOc1ccc(NC(=O)CC2CCc3ccccc3C2)cc1. The van der Waals surface area contributed by atoms with Gasteiger partial charge < -0.3 is 15.8 Å². The molecule has 0 radical (unpaired) electrons. The molecule has 2 aromatic carbocycles. The molecule has 0 aliphatic heterocycles. The molecule has 3 rings (SSSR count). The summed E-state index contributed by atoms with van der Waals surface area (Å²) in [6.45, 7) is 0.984. The number of nitrogens with one attached hydrogen (secondary N) is 1. The van der Waals surface area contributed by atoms with Gasteiger partial charge in [0.1, 0.15) is 12.4 Å². The van der Waals surface area contributed by atoms with Gasteiger partial charge in [0, 0.05) is 18.7 Å². The molecule has 1 unspecified atom stereocenters. The number of nitrogens with two attached hydrogens (primary N) is 1. The number of carbonyl (C=O) groups excluding carboxylic acids is 1. The maximum absolute atomic E-state index is 12.3. The number of fused-ring (bicyclic) bond motifs is 1. The van der Waals surface area contributed by atoms with E-state index in [9.17, 15) is 4.79 Å². The minimum atomic E-state index is 0. The first kappa shape index (κ1) is 19.3. The number of carbonyl (C=O) groups is 1. The minimum absolute atomic E-state index is 0. The van der Waals surface area contributed by atoms with Crippen molar-refractivity contribution < 1.29 is 9.53 Å². The summed E-state index contributed by atoms with van der Waals surface area (Å²) in [7, 11) is 0. The molecule has 0 saturated carbocycles. The molecule has 2 aromatic rings. The third kappa shape index (κ3) is 5.48. The monoisotopic (exact) mass is 360 g/mol. The number of benzene rings is 2. The zero-order valence-electron chi connectivity index (χ0n) is 14.2. The van der Waals surface area contributed by atoms with Gasteiger partial charge in [-0.05, 0) is 60.6 Å². The van der Waals surface area contributed by atoms with Crippen molar-refractivity contribution >= 4 is 24.0 Å². The van der Waals surface area contributed by atoms with E-state index in [4.69, 9.17) is 10.5 Å². The Kier molecular flexibility index (Phi) is 7.29. The summed E-state index contributed by atoms with van der Waals surface area (Å²) in [5.74, 6) is 1.27. The lowest BCUT2D eigenvalue weighted by Crippen LogP contribution is -2.21. The Balaban J connectivity index is 0.00000225. The van der Waals surface area contributed by atoms with E-state index in [1.54, 1.807) is 0 Å². The summed E-state index contributed by atoms with van der Waals surface area (Å²) in [5.41, 5.74) is 9.04. The number of hydrogen-bond acceptors (Lipinski definition) is 3. The van der Waals surface area contributed by atoms with Gasteiger partial charge in [-0.1, -0.05) is 24.3 Å². The lowest BCUT2D eigenvalue weighted by molar-refractivity contribution is -0.117. The molecule has 134 valence electrons. The van der Waals surface area contributed by atoms with Crippen molar-refractivity contribution in [3.63, 3.8) is 0 Å². The standard InChI is InChI=1S/C20H24N2O2.ClH/c21-11-12-24-19-9-7-18(8-10-19)22-20(23)14-15-5-6-16-3-1-2-4-17(16)13-15;/h1-4,7-10,15H,5-6,11-14,21H2,(H,22,23);1H. The van der Waals surface area contributed by atoms with Crippen LogP contribution >= 0.6 is 12.4 Å². The molecule has 1 aliphatic carbocycles. The van der Waals surface area contributed by atoms with Crippen LogP contribution in [0.2, 0.25) is 0 Å². The van der Waals surface area contributed by atoms with E-state index in [1.807, 2.05) is 24.3 Å². The number of amides is 1. The summed E-state index contributed by atoms with van der Waals surface area (Å²) in [5, 5.41) is 2.98. The van der Waals surface area contributed by atoms with E-state index in [1.165, 1.54) is 11.1 Å². The average molecular weight is 361 g/mol. The molecule has 0 fully saturated rings. The number of hydrogen-bond donors (Lipinski definition) is 2. The quantitative estimate of drug-likeness (QED) is 0.827. The third-order valence-corrected chi connectivity index (χ3v) is 4.45. The van der Waals surface area contributed by atoms with Crippen LogP contribution in [0, 0.1) is 5.92 Å². The van der Waals surface area contributed by atoms with Crippen LogP contribution < -0.4 is 15.8 Å². The average Bonchev–Trinajstić information content (AvgIpc) is 2.61. The van der Waals surface area contributed by atoms with Gasteiger partial charge in [0.25, 0.3) is 0 Å². The topological polar surface area (TPSA) is 64.3 Å². The fraction of sp³-hybridized carbons (Fsp3) is 0.350. The number of aryl methyl sites for hydroxylation is 1. The third-order valence-electron chi connectivity index (χ3n) is 4.45. The van der Waals surface area contributed by atoms with Gasteiger partial charge in [-0.2, -0.15) is 0 Å². The van der Waals surface area contributed by atoms with Crippen LogP contribution in [0.25, 0.3) is 0 Å². The Morgan fingerprint density at radius 1 is 1.12 bits per heavy atom.